The van der Waals surface area contributed by atoms with Gasteiger partial charge in [0.25, 0.3) is 0 Å². The fraction of sp³-hybridized carbons (Fsp3) is 0.710. The third-order valence-corrected chi connectivity index (χ3v) is 22.5. The first-order valence-electron chi connectivity index (χ1n) is 29.3. The molecule has 0 aromatic heterocycles. The number of fused-ring (bicyclic) bond motifs is 7. The lowest BCUT2D eigenvalue weighted by molar-refractivity contribution is -0.121. The number of Topliss-reactive ketones (excluding diaryl/α,β-unsaturated/α-hetero) is 1. The number of phenolic OH excluding ortho intramolecular Hbond substituents is 1. The normalized spacial score (nSPS) is 33.4. The largest absolute Gasteiger partial charge is 0.504 e. The first kappa shape index (κ1) is 57.4. The second-order valence-electron chi connectivity index (χ2n) is 25.2. The summed E-state index contributed by atoms with van der Waals surface area (Å²) in [6.07, 6.45) is 17.9. The highest BCUT2D eigenvalue weighted by Gasteiger charge is 2.59. The van der Waals surface area contributed by atoms with Crippen LogP contribution in [0.2, 0.25) is 0 Å². The standard InChI is InChI=1S/C62H86N4O10S2/c1-39(2)52-33-78-77-32-50-49-30-48-41-12-16-45(70)29-44(69)15-11-40-13-18-53(71)55(75-38-68)47(40)9-6-8-42(28-41)54(56(48)76-57(49)72)74-37-64-62(22-7-10-51(50)65-58(63)66-52)36-60(23-19-43(62)14-17-46(31-67)73-3)26-27-61(35-60)25-24-59(34-61)20-4-5-21-59/h13,18,28,39,43,45-46,49-52,57,64,67-68,70-72H,4-5,8,11-12,14-17,19-27,29-38H2,1-3H3,(H3,63,65,66)/t43-,45+,46-,49-,50+,51+,52+,57-,60+,61-,62-/m0/s1. The topological polar surface area (TPSA) is 218 Å². The number of rotatable bonds is 8. The van der Waals surface area contributed by atoms with Gasteiger partial charge in [0.15, 0.2) is 35.8 Å². The summed E-state index contributed by atoms with van der Waals surface area (Å²) >= 11 is 0. The summed E-state index contributed by atoms with van der Waals surface area (Å²) in [5.74, 6) is 16.4. The van der Waals surface area contributed by atoms with Crippen LogP contribution in [0, 0.1) is 63.6 Å². The van der Waals surface area contributed by atoms with Gasteiger partial charge in [0.1, 0.15) is 12.5 Å². The molecule has 2 aromatic carbocycles. The summed E-state index contributed by atoms with van der Waals surface area (Å²) < 4.78 is 25.4. The molecular weight excluding hydrogens is 1020 g/mol. The van der Waals surface area contributed by atoms with Crippen LogP contribution in [0.1, 0.15) is 164 Å². The molecule has 9 N–H and O–H groups in total. The molecule has 9 aliphatic rings. The average molecular weight is 1110 g/mol. The van der Waals surface area contributed by atoms with Crippen molar-refractivity contribution < 1.29 is 49.3 Å². The van der Waals surface area contributed by atoms with Gasteiger partial charge in [0.2, 0.25) is 6.29 Å². The molecule has 4 saturated carbocycles. The molecule has 0 unspecified atom stereocenters. The van der Waals surface area contributed by atoms with Crippen molar-refractivity contribution in [2.75, 3.05) is 38.7 Å². The second kappa shape index (κ2) is 24.7. The van der Waals surface area contributed by atoms with Crippen LogP contribution in [0.5, 0.6) is 23.0 Å². The lowest BCUT2D eigenvalue weighted by Crippen LogP contribution is -2.58. The Labute approximate surface area is 470 Å². The molecule has 4 fully saturated rings. The van der Waals surface area contributed by atoms with Crippen molar-refractivity contribution in [3.8, 4) is 46.7 Å². The molecule has 2 aromatic rings. The first-order valence-corrected chi connectivity index (χ1v) is 31.8. The first-order chi connectivity index (χ1) is 37.7. The fourth-order valence-electron chi connectivity index (χ4n) is 15.8. The quantitative estimate of drug-likeness (QED) is 0.0709. The number of nitrogens with one attached hydrogen (secondary N) is 2. The molecule has 4 spiro atoms. The predicted molar refractivity (Wildman–Crippen MR) is 306 cm³/mol. The minimum Gasteiger partial charge on any atom is -0.504 e. The SMILES string of the molecule is CO[C@H](CO)CC[C@H]1CC[C@]2(CC[C@]3(CCC4(CCCC4)C3)C2)C[C@@]12CC#C[C@H]1NC(N)=N[C@@H](C(C)C)CSSC[C@@H]1[C@@H]1Cc3c4cc(c(c3O[C@@H]1O)OCN2)CC#Cc1c(ccc(O)c1OCO)CCC(=O)C[C@H](O)CC4. The number of hydrogen-bond donors (Lipinski definition) is 8. The lowest BCUT2D eigenvalue weighted by Gasteiger charge is -2.52. The number of nitrogens with zero attached hydrogens (tertiary/aromatic N) is 1. The number of guanidine groups is 1. The number of benzene rings is 2. The molecule has 11 rings (SSSR count). The van der Waals surface area contributed by atoms with Crippen molar-refractivity contribution in [3.63, 3.8) is 0 Å². The number of aromatic hydroxyl groups is 1. The summed E-state index contributed by atoms with van der Waals surface area (Å²) in [7, 11) is 5.23. The maximum atomic E-state index is 13.5. The van der Waals surface area contributed by atoms with E-state index in [0.717, 1.165) is 48.1 Å². The van der Waals surface area contributed by atoms with Gasteiger partial charge in [-0.15, -0.1) is 0 Å². The van der Waals surface area contributed by atoms with Crippen molar-refractivity contribution in [1.82, 2.24) is 10.6 Å². The Balaban J connectivity index is 1.10. The van der Waals surface area contributed by atoms with Gasteiger partial charge in [-0.25, -0.2) is 4.99 Å². The highest BCUT2D eigenvalue weighted by molar-refractivity contribution is 8.76. The Bertz CT molecular complexity index is 2640. The van der Waals surface area contributed by atoms with Crippen molar-refractivity contribution in [3.05, 3.63) is 46.0 Å². The molecule has 0 radical (unpaired) electrons. The summed E-state index contributed by atoms with van der Waals surface area (Å²) in [4.78, 5) is 18.5. The highest BCUT2D eigenvalue weighted by Crippen LogP contribution is 2.69. The third kappa shape index (κ3) is 12.5. The van der Waals surface area contributed by atoms with Crippen LogP contribution in [0.3, 0.4) is 0 Å². The van der Waals surface area contributed by atoms with Crippen LogP contribution >= 0.6 is 21.6 Å². The van der Waals surface area contributed by atoms with Crippen molar-refractivity contribution in [2.24, 2.45) is 50.6 Å². The third-order valence-electron chi connectivity index (χ3n) is 20.0. The summed E-state index contributed by atoms with van der Waals surface area (Å²) in [5.41, 5.74) is 11.0. The zero-order chi connectivity index (χ0) is 54.7. The second-order valence-corrected chi connectivity index (χ2v) is 27.8. The van der Waals surface area contributed by atoms with E-state index < -0.39 is 36.7 Å². The molecule has 426 valence electrons. The maximum absolute atomic E-state index is 13.5. The Morgan fingerprint density at radius 1 is 0.885 bits per heavy atom. The predicted octanol–water partition coefficient (Wildman–Crippen LogP) is 8.25. The minimum atomic E-state index is -1.25. The number of methoxy groups -OCH3 is 1. The number of phenols is 1. The summed E-state index contributed by atoms with van der Waals surface area (Å²) in [5, 5.41) is 63.0. The number of aliphatic hydroxyl groups excluding tert-OH is 4. The van der Waals surface area contributed by atoms with Gasteiger partial charge in [-0.05, 0) is 154 Å². The van der Waals surface area contributed by atoms with Gasteiger partial charge in [-0.1, -0.05) is 84.1 Å². The van der Waals surface area contributed by atoms with Gasteiger partial charge in [-0.2, -0.15) is 0 Å². The zero-order valence-corrected chi connectivity index (χ0v) is 48.0. The van der Waals surface area contributed by atoms with Crippen molar-refractivity contribution in [2.45, 2.75) is 198 Å². The van der Waals surface area contributed by atoms with E-state index in [9.17, 15) is 30.3 Å². The van der Waals surface area contributed by atoms with Crippen LogP contribution in [0.15, 0.2) is 23.2 Å². The molecule has 0 amide bonds. The van der Waals surface area contributed by atoms with Crippen LogP contribution in [-0.4, -0.2) is 112 Å². The lowest BCUT2D eigenvalue weighted by atomic mass is 9.57. The molecule has 5 aliphatic carbocycles. The van der Waals surface area contributed by atoms with E-state index in [-0.39, 0.29) is 85.2 Å². The van der Waals surface area contributed by atoms with Crippen molar-refractivity contribution >= 4 is 33.3 Å². The van der Waals surface area contributed by atoms with Gasteiger partial charge in [0, 0.05) is 72.8 Å². The molecular formula is C62H86N4O10S2. The minimum absolute atomic E-state index is 0.00911. The maximum Gasteiger partial charge on any atom is 0.201 e. The molecule has 0 saturated heterocycles. The molecule has 6 bridgehead atoms. The Kier molecular flexibility index (Phi) is 18.2. The van der Waals surface area contributed by atoms with Gasteiger partial charge < -0.3 is 55.5 Å². The zero-order valence-electron chi connectivity index (χ0n) is 46.3. The van der Waals surface area contributed by atoms with Gasteiger partial charge in [0.05, 0.1) is 36.5 Å². The Morgan fingerprint density at radius 3 is 2.42 bits per heavy atom. The van der Waals surface area contributed by atoms with Crippen molar-refractivity contribution in [1.29, 1.82) is 0 Å². The average Bonchev–Trinajstić information content (AvgIpc) is 4.18. The Hall–Kier alpha value is -3.84. The molecule has 78 heavy (non-hydrogen) atoms. The molecule has 14 nitrogen and oxygen atoms in total. The number of carbonyl (C=O) groups is 1. The van der Waals surface area contributed by atoms with Crippen LogP contribution in [-0.2, 0) is 35.2 Å². The highest BCUT2D eigenvalue weighted by atomic mass is 33.1. The summed E-state index contributed by atoms with van der Waals surface area (Å²) in [6, 6.07) is 4.82. The van der Waals surface area contributed by atoms with E-state index in [1.165, 1.54) is 70.3 Å². The number of ether oxygens (including phenoxy) is 4. The number of aliphatic imine (C=N–C) groups is 1. The van der Waals surface area contributed by atoms with Crippen LogP contribution in [0.4, 0.5) is 0 Å². The van der Waals surface area contributed by atoms with Crippen LogP contribution < -0.4 is 30.6 Å². The molecule has 11 atom stereocenters. The fourth-order valence-corrected chi connectivity index (χ4v) is 18.7. The van der Waals surface area contributed by atoms with E-state index in [0.29, 0.717) is 83.7 Å². The smallest absolute Gasteiger partial charge is 0.201 e. The number of ketones is 1. The number of hydrogen-bond acceptors (Lipinski definition) is 16. The van der Waals surface area contributed by atoms with E-state index in [1.54, 1.807) is 34.8 Å². The van der Waals surface area contributed by atoms with Gasteiger partial charge in [-0.3, -0.25) is 10.1 Å². The number of aryl methyl sites for hydroxylation is 2. The van der Waals surface area contributed by atoms with Gasteiger partial charge >= 0.3 is 0 Å². The van der Waals surface area contributed by atoms with Crippen LogP contribution in [0.25, 0.3) is 0 Å². The molecule has 4 aliphatic heterocycles. The summed E-state index contributed by atoms with van der Waals surface area (Å²) in [6.45, 7) is 3.73. The number of carbonyl (C=O) groups excluding carboxylic acids is 1. The van der Waals surface area contributed by atoms with E-state index in [2.05, 4.69) is 54.2 Å². The monoisotopic (exact) mass is 1110 g/mol. The van der Waals surface area contributed by atoms with E-state index in [4.69, 9.17) is 29.7 Å². The number of aliphatic hydroxyl groups is 4. The number of nitrogens with two attached hydrogens (primary N) is 1. The molecule has 4 heterocycles. The van der Waals surface area contributed by atoms with E-state index in [1.807, 2.05) is 0 Å². The molecule has 16 heteroatoms. The Morgan fingerprint density at radius 2 is 1.65 bits per heavy atom. The van der Waals surface area contributed by atoms with E-state index >= 15 is 0 Å².